The van der Waals surface area contributed by atoms with Crippen LogP contribution >= 0.6 is 0 Å². The van der Waals surface area contributed by atoms with Gasteiger partial charge >= 0.3 is 6.18 Å². The van der Waals surface area contributed by atoms with Gasteiger partial charge in [0.1, 0.15) is 5.82 Å². The van der Waals surface area contributed by atoms with Crippen LogP contribution < -0.4 is 10.6 Å². The summed E-state index contributed by atoms with van der Waals surface area (Å²) in [6.45, 7) is 0.562. The highest BCUT2D eigenvalue weighted by Gasteiger charge is 2.29. The van der Waals surface area contributed by atoms with Gasteiger partial charge in [0, 0.05) is 30.8 Å². The van der Waals surface area contributed by atoms with Crippen molar-refractivity contribution in [1.82, 2.24) is 9.97 Å². The lowest BCUT2D eigenvalue weighted by molar-refractivity contribution is -0.137. The van der Waals surface area contributed by atoms with E-state index in [0.29, 0.717) is 17.9 Å². The number of carbonyl (C=O) groups is 1. The second-order valence-electron chi connectivity index (χ2n) is 5.67. The van der Waals surface area contributed by atoms with Crippen molar-refractivity contribution in [2.45, 2.75) is 12.7 Å². The molecule has 0 unspecified atom stereocenters. The van der Waals surface area contributed by atoms with Crippen LogP contribution in [0.2, 0.25) is 0 Å². The van der Waals surface area contributed by atoms with Gasteiger partial charge in [-0.1, -0.05) is 0 Å². The first-order valence-corrected chi connectivity index (χ1v) is 7.99. The van der Waals surface area contributed by atoms with Gasteiger partial charge in [0.2, 0.25) is 0 Å². The van der Waals surface area contributed by atoms with Crippen LogP contribution in [-0.4, -0.2) is 15.9 Å². The van der Waals surface area contributed by atoms with Crippen molar-refractivity contribution in [3.05, 3.63) is 83.8 Å². The summed E-state index contributed by atoms with van der Waals surface area (Å²) in [6, 6.07) is 11.2. The van der Waals surface area contributed by atoms with Gasteiger partial charge < -0.3 is 10.6 Å². The van der Waals surface area contributed by atoms with E-state index in [1.165, 1.54) is 18.3 Å². The largest absolute Gasteiger partial charge is 0.416 e. The molecule has 138 valence electrons. The van der Waals surface area contributed by atoms with Gasteiger partial charge in [-0.05, 0) is 54.1 Å². The zero-order chi connectivity index (χ0) is 19.3. The van der Waals surface area contributed by atoms with Crippen LogP contribution in [0.1, 0.15) is 21.5 Å². The molecule has 8 heteroatoms. The van der Waals surface area contributed by atoms with Gasteiger partial charge in [-0.25, -0.2) is 4.98 Å². The van der Waals surface area contributed by atoms with Crippen LogP contribution in [0.15, 0.2) is 67.1 Å². The first kappa shape index (κ1) is 18.4. The minimum atomic E-state index is -4.41. The van der Waals surface area contributed by atoms with Gasteiger partial charge in [-0.3, -0.25) is 9.78 Å². The summed E-state index contributed by atoms with van der Waals surface area (Å²) < 4.78 is 37.7. The molecular formula is C19H15F3N4O. The zero-order valence-corrected chi connectivity index (χ0v) is 14.0. The monoisotopic (exact) mass is 372 g/mol. The lowest BCUT2D eigenvalue weighted by Crippen LogP contribution is -2.13. The molecule has 1 aromatic carbocycles. The van der Waals surface area contributed by atoms with Crippen molar-refractivity contribution in [3.63, 3.8) is 0 Å². The Morgan fingerprint density at radius 1 is 0.963 bits per heavy atom. The van der Waals surface area contributed by atoms with E-state index in [4.69, 9.17) is 0 Å². The number of alkyl halides is 3. The van der Waals surface area contributed by atoms with E-state index in [1.54, 1.807) is 24.5 Å². The van der Waals surface area contributed by atoms with Crippen molar-refractivity contribution >= 4 is 17.4 Å². The Labute approximate surface area is 153 Å². The zero-order valence-electron chi connectivity index (χ0n) is 14.0. The number of hydrogen-bond acceptors (Lipinski definition) is 4. The molecule has 0 saturated carbocycles. The standard InChI is InChI=1S/C19H15F3N4O/c20-19(21,22)15-2-4-16(5-3-15)26-18(27)14-1-6-17(25-12-14)24-11-13-7-9-23-10-8-13/h1-10,12H,11H2,(H,24,25)(H,26,27). The third-order valence-corrected chi connectivity index (χ3v) is 3.72. The summed E-state index contributed by atoms with van der Waals surface area (Å²) in [7, 11) is 0. The molecule has 0 atom stereocenters. The third-order valence-electron chi connectivity index (χ3n) is 3.72. The van der Waals surface area contributed by atoms with Crippen LogP contribution in [0.5, 0.6) is 0 Å². The fraction of sp³-hybridized carbons (Fsp3) is 0.105. The van der Waals surface area contributed by atoms with Crippen molar-refractivity contribution < 1.29 is 18.0 Å². The number of anilines is 2. The number of benzene rings is 1. The quantitative estimate of drug-likeness (QED) is 0.698. The molecule has 3 aromatic rings. The molecule has 0 spiro atoms. The van der Waals surface area contributed by atoms with Crippen molar-refractivity contribution in [1.29, 1.82) is 0 Å². The lowest BCUT2D eigenvalue weighted by Gasteiger charge is -2.09. The Morgan fingerprint density at radius 2 is 1.67 bits per heavy atom. The second-order valence-corrected chi connectivity index (χ2v) is 5.67. The summed E-state index contributed by atoms with van der Waals surface area (Å²) in [5.41, 5.74) is 0.833. The van der Waals surface area contributed by atoms with E-state index in [2.05, 4.69) is 20.6 Å². The van der Waals surface area contributed by atoms with E-state index in [9.17, 15) is 18.0 Å². The first-order chi connectivity index (χ1) is 12.9. The van der Waals surface area contributed by atoms with Crippen LogP contribution in [0.25, 0.3) is 0 Å². The minimum absolute atomic E-state index is 0.271. The number of pyridine rings is 2. The van der Waals surface area contributed by atoms with E-state index in [1.807, 2.05) is 12.1 Å². The highest BCUT2D eigenvalue weighted by Crippen LogP contribution is 2.29. The summed E-state index contributed by atoms with van der Waals surface area (Å²) >= 11 is 0. The molecule has 3 rings (SSSR count). The number of hydrogen-bond donors (Lipinski definition) is 2. The number of nitrogens with one attached hydrogen (secondary N) is 2. The van der Waals surface area contributed by atoms with Crippen LogP contribution in [-0.2, 0) is 12.7 Å². The third kappa shape index (κ3) is 5.04. The van der Waals surface area contributed by atoms with Crippen molar-refractivity contribution in [3.8, 4) is 0 Å². The first-order valence-electron chi connectivity index (χ1n) is 7.99. The molecule has 0 aliphatic rings. The van der Waals surface area contributed by atoms with E-state index in [-0.39, 0.29) is 5.69 Å². The summed E-state index contributed by atoms with van der Waals surface area (Å²) in [5.74, 6) is 0.140. The molecule has 0 bridgehead atoms. The lowest BCUT2D eigenvalue weighted by atomic mass is 10.2. The van der Waals surface area contributed by atoms with Gasteiger partial charge in [-0.15, -0.1) is 0 Å². The Bertz CT molecular complexity index is 895. The molecule has 27 heavy (non-hydrogen) atoms. The number of carbonyl (C=O) groups excluding carboxylic acids is 1. The Kier molecular flexibility index (Phi) is 5.35. The molecule has 5 nitrogen and oxygen atoms in total. The average Bonchev–Trinajstić information content (AvgIpc) is 2.67. The molecule has 0 fully saturated rings. The van der Waals surface area contributed by atoms with Gasteiger partial charge in [-0.2, -0.15) is 13.2 Å². The molecular weight excluding hydrogens is 357 g/mol. The maximum Gasteiger partial charge on any atom is 0.416 e. The van der Waals surface area contributed by atoms with Gasteiger partial charge in [0.25, 0.3) is 5.91 Å². The molecule has 0 aliphatic carbocycles. The van der Waals surface area contributed by atoms with Gasteiger partial charge in [0.05, 0.1) is 11.1 Å². The number of nitrogens with zero attached hydrogens (tertiary/aromatic N) is 2. The highest BCUT2D eigenvalue weighted by molar-refractivity contribution is 6.04. The predicted octanol–water partition coefficient (Wildman–Crippen LogP) is 4.36. The van der Waals surface area contributed by atoms with Crippen LogP contribution in [0, 0.1) is 0 Å². The Hall–Kier alpha value is -3.42. The van der Waals surface area contributed by atoms with Gasteiger partial charge in [0.15, 0.2) is 0 Å². The summed E-state index contributed by atoms with van der Waals surface area (Å²) in [5, 5.41) is 5.66. The molecule has 2 N–H and O–H groups in total. The van der Waals surface area contributed by atoms with Crippen molar-refractivity contribution in [2.24, 2.45) is 0 Å². The maximum absolute atomic E-state index is 12.6. The smallest absolute Gasteiger partial charge is 0.366 e. The molecule has 2 heterocycles. The highest BCUT2D eigenvalue weighted by atomic mass is 19.4. The molecule has 0 saturated heterocycles. The minimum Gasteiger partial charge on any atom is -0.366 e. The normalized spacial score (nSPS) is 11.1. The number of rotatable bonds is 5. The van der Waals surface area contributed by atoms with E-state index in [0.717, 1.165) is 17.7 Å². The molecule has 2 aromatic heterocycles. The number of aromatic nitrogens is 2. The average molecular weight is 372 g/mol. The fourth-order valence-electron chi connectivity index (χ4n) is 2.27. The predicted molar refractivity (Wildman–Crippen MR) is 95.2 cm³/mol. The Morgan fingerprint density at radius 3 is 2.26 bits per heavy atom. The van der Waals surface area contributed by atoms with Crippen LogP contribution in [0.3, 0.4) is 0 Å². The van der Waals surface area contributed by atoms with E-state index < -0.39 is 17.6 Å². The molecule has 0 radical (unpaired) electrons. The SMILES string of the molecule is O=C(Nc1ccc(C(F)(F)F)cc1)c1ccc(NCc2ccncc2)nc1. The Balaban J connectivity index is 1.58. The maximum atomic E-state index is 12.6. The summed E-state index contributed by atoms with van der Waals surface area (Å²) in [6.07, 6.45) is 0.373. The second kappa shape index (κ2) is 7.86. The number of amides is 1. The fourth-order valence-corrected chi connectivity index (χ4v) is 2.27. The van der Waals surface area contributed by atoms with Crippen molar-refractivity contribution in [2.75, 3.05) is 10.6 Å². The number of halogens is 3. The topological polar surface area (TPSA) is 66.9 Å². The molecule has 1 amide bonds. The van der Waals surface area contributed by atoms with Crippen LogP contribution in [0.4, 0.5) is 24.7 Å². The van der Waals surface area contributed by atoms with E-state index >= 15 is 0 Å². The molecule has 0 aliphatic heterocycles. The summed E-state index contributed by atoms with van der Waals surface area (Å²) in [4.78, 5) is 20.3.